The Kier molecular flexibility index (Phi) is 9.04. The fraction of sp³-hybridized carbons (Fsp3) is 0.467. The Balaban J connectivity index is 0.000000370. The van der Waals surface area contributed by atoms with E-state index in [2.05, 4.69) is 0 Å². The molecule has 1 atom stereocenters. The van der Waals surface area contributed by atoms with Crippen LogP contribution in [0.2, 0.25) is 0 Å². The van der Waals surface area contributed by atoms with Gasteiger partial charge in [-0.25, -0.2) is 0 Å². The quantitative estimate of drug-likeness (QED) is 0.741. The second-order valence-corrected chi connectivity index (χ2v) is 4.95. The van der Waals surface area contributed by atoms with E-state index in [4.69, 9.17) is 15.9 Å². The van der Waals surface area contributed by atoms with Crippen LogP contribution in [0.15, 0.2) is 30.3 Å². The fourth-order valence-electron chi connectivity index (χ4n) is 1.50. The minimum atomic E-state index is -0.913. The van der Waals surface area contributed by atoms with E-state index in [1.165, 1.54) is 0 Å². The molecule has 1 rings (SSSR count). The molecule has 1 aromatic carbocycles. The summed E-state index contributed by atoms with van der Waals surface area (Å²) in [5, 5.41) is 16.7. The van der Waals surface area contributed by atoms with Crippen molar-refractivity contribution in [2.75, 3.05) is 0 Å². The van der Waals surface area contributed by atoms with Crippen molar-refractivity contribution in [3.05, 3.63) is 35.9 Å². The van der Waals surface area contributed by atoms with Gasteiger partial charge in [0.25, 0.3) is 0 Å². The lowest BCUT2D eigenvalue weighted by atomic mass is 10.1. The zero-order valence-corrected chi connectivity index (χ0v) is 12.0. The van der Waals surface area contributed by atoms with Crippen molar-refractivity contribution < 1.29 is 19.8 Å². The summed E-state index contributed by atoms with van der Waals surface area (Å²) >= 11 is 0. The van der Waals surface area contributed by atoms with Gasteiger partial charge in [-0.2, -0.15) is 0 Å². The van der Waals surface area contributed by atoms with E-state index in [9.17, 15) is 9.59 Å². The van der Waals surface area contributed by atoms with E-state index in [0.717, 1.165) is 5.56 Å². The molecule has 0 fully saturated rings. The molecule has 112 valence electrons. The zero-order valence-electron chi connectivity index (χ0n) is 12.0. The largest absolute Gasteiger partial charge is 0.481 e. The van der Waals surface area contributed by atoms with Gasteiger partial charge in [-0.1, -0.05) is 44.2 Å². The van der Waals surface area contributed by atoms with Gasteiger partial charge in [0.1, 0.15) is 6.04 Å². The number of nitrogens with two attached hydrogens (primary N) is 1. The molecule has 0 amide bonds. The molecule has 4 N–H and O–H groups in total. The molecule has 0 aromatic heterocycles. The van der Waals surface area contributed by atoms with E-state index < -0.39 is 18.0 Å². The number of hydrogen-bond acceptors (Lipinski definition) is 3. The Labute approximate surface area is 119 Å². The SMILES string of the molecule is CC(C)C[C@@H](N)C(=O)O.O=C(O)CCc1ccccc1. The van der Waals surface area contributed by atoms with E-state index in [0.29, 0.717) is 18.8 Å². The smallest absolute Gasteiger partial charge is 0.320 e. The standard InChI is InChI=1S/C9H10O2.C6H13NO2/c10-9(11)7-6-8-4-2-1-3-5-8;1-4(2)3-5(7)6(8)9/h1-5H,6-7H2,(H,10,11);4-5H,3,7H2,1-2H3,(H,8,9)/t;5-/m.1/s1. The number of hydrogen-bond donors (Lipinski definition) is 3. The highest BCUT2D eigenvalue weighted by Crippen LogP contribution is 2.02. The molecular weight excluding hydrogens is 258 g/mol. The number of aliphatic carboxylic acids is 2. The number of carboxylic acid groups (broad SMARTS) is 2. The van der Waals surface area contributed by atoms with Gasteiger partial charge in [-0.15, -0.1) is 0 Å². The molecule has 0 bridgehead atoms. The van der Waals surface area contributed by atoms with Crippen molar-refractivity contribution in [1.29, 1.82) is 0 Å². The molecular formula is C15H23NO4. The second kappa shape index (κ2) is 9.97. The molecule has 0 spiro atoms. The lowest BCUT2D eigenvalue weighted by Gasteiger charge is -2.07. The molecule has 0 unspecified atom stereocenters. The van der Waals surface area contributed by atoms with Crippen LogP contribution in [0.4, 0.5) is 0 Å². The normalized spacial score (nSPS) is 11.4. The molecule has 0 aliphatic carbocycles. The van der Waals surface area contributed by atoms with Crippen LogP contribution in [0, 0.1) is 5.92 Å². The predicted octanol–water partition coefficient (Wildman–Crippen LogP) is 2.15. The molecule has 0 aliphatic rings. The van der Waals surface area contributed by atoms with Crippen LogP contribution < -0.4 is 5.73 Å². The zero-order chi connectivity index (χ0) is 15.5. The van der Waals surface area contributed by atoms with Crippen molar-refractivity contribution in [2.45, 2.75) is 39.2 Å². The lowest BCUT2D eigenvalue weighted by Crippen LogP contribution is -2.31. The highest BCUT2D eigenvalue weighted by atomic mass is 16.4. The maximum absolute atomic E-state index is 10.2. The van der Waals surface area contributed by atoms with Gasteiger partial charge < -0.3 is 15.9 Å². The number of carbonyl (C=O) groups is 2. The Morgan fingerprint density at radius 2 is 1.70 bits per heavy atom. The van der Waals surface area contributed by atoms with Crippen LogP contribution in [0.5, 0.6) is 0 Å². The van der Waals surface area contributed by atoms with Gasteiger partial charge in [0.05, 0.1) is 0 Å². The topological polar surface area (TPSA) is 101 Å². The van der Waals surface area contributed by atoms with Crippen molar-refractivity contribution in [3.8, 4) is 0 Å². The van der Waals surface area contributed by atoms with Crippen molar-refractivity contribution >= 4 is 11.9 Å². The van der Waals surface area contributed by atoms with Crippen LogP contribution in [0.1, 0.15) is 32.3 Å². The van der Waals surface area contributed by atoms with Gasteiger partial charge in [-0.3, -0.25) is 9.59 Å². The van der Waals surface area contributed by atoms with Crippen molar-refractivity contribution in [2.24, 2.45) is 11.7 Å². The molecule has 20 heavy (non-hydrogen) atoms. The average molecular weight is 281 g/mol. The summed E-state index contributed by atoms with van der Waals surface area (Å²) in [6, 6.07) is 8.93. The maximum atomic E-state index is 10.2. The molecule has 0 heterocycles. The van der Waals surface area contributed by atoms with Crippen molar-refractivity contribution in [1.82, 2.24) is 0 Å². The summed E-state index contributed by atoms with van der Waals surface area (Å²) in [5.41, 5.74) is 6.30. The highest BCUT2D eigenvalue weighted by molar-refractivity contribution is 5.72. The summed E-state index contributed by atoms with van der Waals surface area (Å²) < 4.78 is 0. The first-order chi connectivity index (χ1) is 9.32. The minimum Gasteiger partial charge on any atom is -0.481 e. The maximum Gasteiger partial charge on any atom is 0.320 e. The predicted molar refractivity (Wildman–Crippen MR) is 77.5 cm³/mol. The second-order valence-electron chi connectivity index (χ2n) is 4.95. The first-order valence-electron chi connectivity index (χ1n) is 6.57. The van der Waals surface area contributed by atoms with Crippen LogP contribution in [0.3, 0.4) is 0 Å². The van der Waals surface area contributed by atoms with Gasteiger partial charge in [0.2, 0.25) is 0 Å². The van der Waals surface area contributed by atoms with E-state index in [1.807, 2.05) is 44.2 Å². The van der Waals surface area contributed by atoms with E-state index >= 15 is 0 Å². The average Bonchev–Trinajstić information content (AvgIpc) is 2.37. The monoisotopic (exact) mass is 281 g/mol. The van der Waals surface area contributed by atoms with E-state index in [-0.39, 0.29) is 6.42 Å². The van der Waals surface area contributed by atoms with Gasteiger partial charge in [0.15, 0.2) is 0 Å². The Hall–Kier alpha value is -1.88. The summed E-state index contributed by atoms with van der Waals surface area (Å²) in [5.74, 6) is -1.30. The van der Waals surface area contributed by atoms with Crippen LogP contribution in [-0.2, 0) is 16.0 Å². The first kappa shape index (κ1) is 18.1. The molecule has 0 saturated heterocycles. The van der Waals surface area contributed by atoms with Crippen LogP contribution >= 0.6 is 0 Å². The van der Waals surface area contributed by atoms with Gasteiger partial charge in [0, 0.05) is 6.42 Å². The summed E-state index contributed by atoms with van der Waals surface area (Å²) in [4.78, 5) is 20.3. The number of benzene rings is 1. The third-order valence-corrected chi connectivity index (χ3v) is 2.51. The first-order valence-corrected chi connectivity index (χ1v) is 6.57. The third-order valence-electron chi connectivity index (χ3n) is 2.51. The Bertz CT molecular complexity index is 404. The highest BCUT2D eigenvalue weighted by Gasteiger charge is 2.11. The van der Waals surface area contributed by atoms with Crippen LogP contribution in [0.25, 0.3) is 0 Å². The molecule has 5 nitrogen and oxygen atoms in total. The van der Waals surface area contributed by atoms with Crippen molar-refractivity contribution in [3.63, 3.8) is 0 Å². The van der Waals surface area contributed by atoms with Gasteiger partial charge in [-0.05, 0) is 24.3 Å². The third kappa shape index (κ3) is 10.1. The van der Waals surface area contributed by atoms with Crippen LogP contribution in [-0.4, -0.2) is 28.2 Å². The lowest BCUT2D eigenvalue weighted by molar-refractivity contribution is -0.139. The Morgan fingerprint density at radius 3 is 2.05 bits per heavy atom. The van der Waals surface area contributed by atoms with E-state index in [1.54, 1.807) is 0 Å². The fourth-order valence-corrected chi connectivity index (χ4v) is 1.50. The summed E-state index contributed by atoms with van der Waals surface area (Å²) in [6.07, 6.45) is 1.38. The van der Waals surface area contributed by atoms with Gasteiger partial charge >= 0.3 is 11.9 Å². The molecule has 0 radical (unpaired) electrons. The number of carboxylic acids is 2. The summed E-state index contributed by atoms with van der Waals surface area (Å²) in [6.45, 7) is 3.89. The summed E-state index contributed by atoms with van der Waals surface area (Å²) in [7, 11) is 0. The number of rotatable bonds is 6. The Morgan fingerprint density at radius 1 is 1.15 bits per heavy atom. The molecule has 0 aliphatic heterocycles. The number of aryl methyl sites for hydroxylation is 1. The molecule has 0 saturated carbocycles. The molecule has 1 aromatic rings. The minimum absolute atomic E-state index is 0.212. The molecule has 5 heteroatoms.